The predicted octanol–water partition coefficient (Wildman–Crippen LogP) is 2.16. The highest BCUT2D eigenvalue weighted by molar-refractivity contribution is 5.62. The number of nitrogens with one attached hydrogen (secondary N) is 1. The van der Waals surface area contributed by atoms with E-state index in [4.69, 9.17) is 5.26 Å². The average molecular weight is 239 g/mol. The van der Waals surface area contributed by atoms with Gasteiger partial charge in [-0.1, -0.05) is 0 Å². The summed E-state index contributed by atoms with van der Waals surface area (Å²) < 4.78 is 0. The van der Waals surface area contributed by atoms with Crippen LogP contribution in [0.15, 0.2) is 36.7 Å². The Balaban J connectivity index is 2.29. The molecular weight excluding hydrogens is 226 g/mol. The van der Waals surface area contributed by atoms with Crippen LogP contribution >= 0.6 is 0 Å². The predicted molar refractivity (Wildman–Crippen MR) is 70.8 cm³/mol. The van der Waals surface area contributed by atoms with Crippen LogP contribution in [0.2, 0.25) is 0 Å². The maximum Gasteiger partial charge on any atom is 0.138 e. The molecule has 0 bridgehead atoms. The zero-order chi connectivity index (χ0) is 13.0. The molecule has 1 heterocycles. The molecule has 0 saturated heterocycles. The van der Waals surface area contributed by atoms with E-state index in [1.807, 2.05) is 37.2 Å². The van der Waals surface area contributed by atoms with Crippen LogP contribution < -0.4 is 10.2 Å². The largest absolute Gasteiger partial charge is 0.373 e. The first-order valence-corrected chi connectivity index (χ1v) is 5.48. The van der Waals surface area contributed by atoms with E-state index in [2.05, 4.69) is 21.4 Å². The highest BCUT2D eigenvalue weighted by Crippen LogP contribution is 2.22. The lowest BCUT2D eigenvalue weighted by molar-refractivity contribution is 1.08. The van der Waals surface area contributed by atoms with E-state index >= 15 is 0 Å². The fourth-order valence-corrected chi connectivity index (χ4v) is 1.56. The Bertz CT molecular complexity index is 571. The van der Waals surface area contributed by atoms with E-state index in [1.54, 1.807) is 12.1 Å². The first-order chi connectivity index (χ1) is 8.74. The molecule has 0 spiro atoms. The standard InChI is InChI=1S/C13H13N5/c1-15-12-7-13(17-9-16-12)18(2)11-5-3-10(8-14)4-6-11/h3-7,9H,1-2H3,(H,15,16,17). The molecule has 1 aromatic heterocycles. The number of anilines is 3. The molecular formula is C13H13N5. The van der Waals surface area contributed by atoms with Crippen LogP contribution in [0.1, 0.15) is 5.56 Å². The maximum atomic E-state index is 8.76. The number of nitriles is 1. The highest BCUT2D eigenvalue weighted by atomic mass is 15.2. The van der Waals surface area contributed by atoms with Gasteiger partial charge in [0.2, 0.25) is 0 Å². The van der Waals surface area contributed by atoms with Crippen LogP contribution in [-0.4, -0.2) is 24.1 Å². The number of hydrogen-bond donors (Lipinski definition) is 1. The number of hydrogen-bond acceptors (Lipinski definition) is 5. The fraction of sp³-hybridized carbons (Fsp3) is 0.154. The van der Waals surface area contributed by atoms with Crippen molar-refractivity contribution in [2.45, 2.75) is 0 Å². The lowest BCUT2D eigenvalue weighted by Crippen LogP contribution is -2.11. The number of benzene rings is 1. The third-order valence-electron chi connectivity index (χ3n) is 2.64. The Morgan fingerprint density at radius 2 is 1.94 bits per heavy atom. The zero-order valence-corrected chi connectivity index (χ0v) is 10.3. The molecule has 2 aromatic rings. The third-order valence-corrected chi connectivity index (χ3v) is 2.64. The second-order valence-electron chi connectivity index (χ2n) is 3.73. The Morgan fingerprint density at radius 3 is 2.56 bits per heavy atom. The van der Waals surface area contributed by atoms with Gasteiger partial charge in [0.05, 0.1) is 11.6 Å². The molecule has 1 N–H and O–H groups in total. The first-order valence-electron chi connectivity index (χ1n) is 5.48. The molecule has 0 fully saturated rings. The smallest absolute Gasteiger partial charge is 0.138 e. The summed E-state index contributed by atoms with van der Waals surface area (Å²) in [7, 11) is 3.73. The summed E-state index contributed by atoms with van der Waals surface area (Å²) in [4.78, 5) is 10.2. The maximum absolute atomic E-state index is 8.76. The second kappa shape index (κ2) is 5.15. The van der Waals surface area contributed by atoms with E-state index in [9.17, 15) is 0 Å². The number of nitrogens with zero attached hydrogens (tertiary/aromatic N) is 4. The molecule has 1 aromatic carbocycles. The van der Waals surface area contributed by atoms with Crippen molar-refractivity contribution in [2.24, 2.45) is 0 Å². The van der Waals surface area contributed by atoms with Crippen molar-refractivity contribution in [2.75, 3.05) is 24.3 Å². The van der Waals surface area contributed by atoms with Crippen molar-refractivity contribution in [1.29, 1.82) is 5.26 Å². The van der Waals surface area contributed by atoms with Crippen molar-refractivity contribution < 1.29 is 0 Å². The van der Waals surface area contributed by atoms with Crippen LogP contribution in [0.3, 0.4) is 0 Å². The van der Waals surface area contributed by atoms with E-state index in [0.29, 0.717) is 5.56 Å². The molecule has 0 saturated carbocycles. The Kier molecular flexibility index (Phi) is 3.39. The summed E-state index contributed by atoms with van der Waals surface area (Å²) in [5, 5.41) is 11.7. The zero-order valence-electron chi connectivity index (χ0n) is 10.3. The normalized spacial score (nSPS) is 9.61. The summed E-state index contributed by atoms with van der Waals surface area (Å²) in [5.74, 6) is 1.56. The van der Waals surface area contributed by atoms with Gasteiger partial charge in [0.15, 0.2) is 0 Å². The van der Waals surface area contributed by atoms with Crippen molar-refractivity contribution in [3.63, 3.8) is 0 Å². The molecule has 0 aliphatic rings. The Labute approximate surface area is 106 Å². The topological polar surface area (TPSA) is 64.8 Å². The molecule has 0 atom stereocenters. The summed E-state index contributed by atoms with van der Waals surface area (Å²) in [5.41, 5.74) is 1.61. The van der Waals surface area contributed by atoms with Gasteiger partial charge >= 0.3 is 0 Å². The van der Waals surface area contributed by atoms with Crippen LogP contribution in [0, 0.1) is 11.3 Å². The Hall–Kier alpha value is -2.61. The minimum Gasteiger partial charge on any atom is -0.373 e. The average Bonchev–Trinajstić information content (AvgIpc) is 2.46. The van der Waals surface area contributed by atoms with Gasteiger partial charge in [-0.15, -0.1) is 0 Å². The summed E-state index contributed by atoms with van der Waals surface area (Å²) >= 11 is 0. The SMILES string of the molecule is CNc1cc(N(C)c2ccc(C#N)cc2)ncn1. The van der Waals surface area contributed by atoms with Crippen molar-refractivity contribution in [3.8, 4) is 6.07 Å². The summed E-state index contributed by atoms with van der Waals surface area (Å²) in [6.07, 6.45) is 1.52. The Morgan fingerprint density at radius 1 is 1.22 bits per heavy atom. The molecule has 0 unspecified atom stereocenters. The fourth-order valence-electron chi connectivity index (χ4n) is 1.56. The summed E-state index contributed by atoms with van der Waals surface area (Å²) in [6, 6.07) is 11.3. The van der Waals surface area contributed by atoms with Gasteiger partial charge in [-0.2, -0.15) is 5.26 Å². The molecule has 0 radical (unpaired) electrons. The van der Waals surface area contributed by atoms with E-state index in [1.165, 1.54) is 6.33 Å². The van der Waals surface area contributed by atoms with Gasteiger partial charge in [0, 0.05) is 25.8 Å². The van der Waals surface area contributed by atoms with Gasteiger partial charge in [-0.05, 0) is 24.3 Å². The molecule has 0 aliphatic heterocycles. The second-order valence-corrected chi connectivity index (χ2v) is 3.73. The van der Waals surface area contributed by atoms with Gasteiger partial charge in [0.1, 0.15) is 18.0 Å². The van der Waals surface area contributed by atoms with E-state index < -0.39 is 0 Å². The quantitative estimate of drug-likeness (QED) is 0.889. The van der Waals surface area contributed by atoms with Gasteiger partial charge in [-0.3, -0.25) is 0 Å². The van der Waals surface area contributed by atoms with Crippen LogP contribution in [0.5, 0.6) is 0 Å². The van der Waals surface area contributed by atoms with Gasteiger partial charge in [-0.25, -0.2) is 9.97 Å². The van der Waals surface area contributed by atoms with Crippen molar-refractivity contribution >= 4 is 17.3 Å². The lowest BCUT2D eigenvalue weighted by atomic mass is 10.2. The van der Waals surface area contributed by atoms with Crippen LogP contribution in [0.25, 0.3) is 0 Å². The third kappa shape index (κ3) is 2.38. The van der Waals surface area contributed by atoms with Crippen molar-refractivity contribution in [1.82, 2.24) is 9.97 Å². The monoisotopic (exact) mass is 239 g/mol. The van der Waals surface area contributed by atoms with Gasteiger partial charge < -0.3 is 10.2 Å². The number of rotatable bonds is 3. The molecule has 2 rings (SSSR count). The lowest BCUT2D eigenvalue weighted by Gasteiger charge is -2.18. The molecule has 18 heavy (non-hydrogen) atoms. The molecule has 5 heteroatoms. The van der Waals surface area contributed by atoms with E-state index in [-0.39, 0.29) is 0 Å². The van der Waals surface area contributed by atoms with Gasteiger partial charge in [0.25, 0.3) is 0 Å². The van der Waals surface area contributed by atoms with Crippen molar-refractivity contribution in [3.05, 3.63) is 42.2 Å². The summed E-state index contributed by atoms with van der Waals surface area (Å²) in [6.45, 7) is 0. The molecule has 0 aliphatic carbocycles. The van der Waals surface area contributed by atoms with E-state index in [0.717, 1.165) is 17.3 Å². The molecule has 90 valence electrons. The first kappa shape index (κ1) is 11.9. The molecule has 0 amide bonds. The van der Waals surface area contributed by atoms with Crippen LogP contribution in [0.4, 0.5) is 17.3 Å². The number of aromatic nitrogens is 2. The highest BCUT2D eigenvalue weighted by Gasteiger charge is 2.06. The molecule has 5 nitrogen and oxygen atoms in total. The minimum absolute atomic E-state index is 0.644. The minimum atomic E-state index is 0.644. The van der Waals surface area contributed by atoms with Crippen LogP contribution in [-0.2, 0) is 0 Å².